The molecular formula is C42H54O8S3. The first-order chi connectivity index (χ1) is 24.5. The van der Waals surface area contributed by atoms with Crippen LogP contribution < -0.4 is 8.37 Å². The summed E-state index contributed by atoms with van der Waals surface area (Å²) in [5.41, 5.74) is 4.77. The average Bonchev–Trinajstić information content (AvgIpc) is 3.06. The molecule has 0 saturated carbocycles. The fraction of sp³-hybridized carbons (Fsp3) is 0.429. The van der Waals surface area contributed by atoms with Crippen LogP contribution in [0.15, 0.2) is 92.4 Å². The summed E-state index contributed by atoms with van der Waals surface area (Å²) in [5, 5.41) is 0. The van der Waals surface area contributed by atoms with Gasteiger partial charge in [-0.25, -0.2) is 8.42 Å². The lowest BCUT2D eigenvalue weighted by molar-refractivity contribution is 0.480. The van der Waals surface area contributed by atoms with E-state index < -0.39 is 30.1 Å². The van der Waals surface area contributed by atoms with Crippen LogP contribution in [0.3, 0.4) is 0 Å². The van der Waals surface area contributed by atoms with Crippen molar-refractivity contribution < 1.29 is 33.6 Å². The largest absolute Gasteiger partial charge is 0.379 e. The van der Waals surface area contributed by atoms with E-state index in [9.17, 15) is 25.3 Å². The van der Waals surface area contributed by atoms with E-state index in [-0.39, 0.29) is 66.6 Å². The molecule has 4 aromatic carbocycles. The van der Waals surface area contributed by atoms with Crippen molar-refractivity contribution in [2.45, 2.75) is 138 Å². The number of sulfone groups is 1. The molecule has 0 aliphatic carbocycles. The third-order valence-corrected chi connectivity index (χ3v) is 13.9. The molecule has 0 N–H and O–H groups in total. The Hall–Kier alpha value is -3.67. The maximum absolute atomic E-state index is 13.8. The van der Waals surface area contributed by atoms with Crippen molar-refractivity contribution in [3.8, 4) is 11.5 Å². The normalized spacial score (nSPS) is 12.9. The fourth-order valence-electron chi connectivity index (χ4n) is 6.18. The Morgan fingerprint density at radius 2 is 0.623 bits per heavy atom. The number of hydrogen-bond acceptors (Lipinski definition) is 8. The first kappa shape index (κ1) is 42.1. The SMILES string of the molecule is CC(C)c1cc(C(C)C)c(S(=O)(=O)Oc2ccc(S(=O)(=O)c3ccc(OS(=O)(=O)c4c(C(C)C)cc(C(C)C)cc4C(C)C)cc3)cc2)c(C(C)C)c1. The van der Waals surface area contributed by atoms with Crippen LogP contribution in [-0.4, -0.2) is 25.3 Å². The molecule has 0 aromatic heterocycles. The lowest BCUT2D eigenvalue weighted by Gasteiger charge is -2.22. The second-order valence-electron chi connectivity index (χ2n) is 15.5. The second-order valence-corrected chi connectivity index (χ2v) is 20.4. The van der Waals surface area contributed by atoms with Crippen LogP contribution in [-0.2, 0) is 30.1 Å². The third kappa shape index (κ3) is 9.18. The van der Waals surface area contributed by atoms with E-state index in [2.05, 4.69) is 27.7 Å². The lowest BCUT2D eigenvalue weighted by Crippen LogP contribution is -2.17. The van der Waals surface area contributed by atoms with Crippen molar-refractivity contribution in [3.63, 3.8) is 0 Å². The summed E-state index contributed by atoms with van der Waals surface area (Å²) in [6.45, 7) is 23.8. The van der Waals surface area contributed by atoms with Gasteiger partial charge in [-0.15, -0.1) is 0 Å². The summed E-state index contributed by atoms with van der Waals surface area (Å²) in [4.78, 5) is 0.0932. The molecule has 4 rings (SSSR count). The van der Waals surface area contributed by atoms with Crippen molar-refractivity contribution in [1.29, 1.82) is 0 Å². The Morgan fingerprint density at radius 1 is 0.377 bits per heavy atom. The smallest absolute Gasteiger partial charge is 0.339 e. The molecule has 8 nitrogen and oxygen atoms in total. The fourth-order valence-corrected chi connectivity index (χ4v) is 10.7. The maximum atomic E-state index is 13.8. The molecular weight excluding hydrogens is 729 g/mol. The highest BCUT2D eigenvalue weighted by Gasteiger charge is 2.31. The van der Waals surface area contributed by atoms with Crippen LogP contribution in [0.2, 0.25) is 0 Å². The molecule has 53 heavy (non-hydrogen) atoms. The molecule has 4 aromatic rings. The molecule has 288 valence electrons. The highest BCUT2D eigenvalue weighted by atomic mass is 32.2. The van der Waals surface area contributed by atoms with Gasteiger partial charge in [0.05, 0.1) is 9.79 Å². The van der Waals surface area contributed by atoms with Gasteiger partial charge < -0.3 is 8.37 Å². The Balaban J connectivity index is 1.62. The highest BCUT2D eigenvalue weighted by molar-refractivity contribution is 7.91. The summed E-state index contributed by atoms with van der Waals surface area (Å²) in [7, 11) is -12.6. The third-order valence-electron chi connectivity index (χ3n) is 9.34. The van der Waals surface area contributed by atoms with Gasteiger partial charge in [0.25, 0.3) is 0 Å². The van der Waals surface area contributed by atoms with E-state index in [0.29, 0.717) is 22.3 Å². The van der Waals surface area contributed by atoms with Crippen molar-refractivity contribution >= 4 is 30.1 Å². The Kier molecular flexibility index (Phi) is 12.7. The molecule has 0 radical (unpaired) electrons. The van der Waals surface area contributed by atoms with E-state index >= 15 is 0 Å². The molecule has 0 saturated heterocycles. The van der Waals surface area contributed by atoms with E-state index in [0.717, 1.165) is 11.1 Å². The predicted molar refractivity (Wildman–Crippen MR) is 211 cm³/mol. The van der Waals surface area contributed by atoms with Crippen LogP contribution in [0.25, 0.3) is 0 Å². The minimum atomic E-state index is -4.28. The quantitative estimate of drug-likeness (QED) is 0.116. The average molecular weight is 783 g/mol. The summed E-state index contributed by atoms with van der Waals surface area (Å²) >= 11 is 0. The zero-order chi connectivity index (χ0) is 39.8. The molecule has 0 bridgehead atoms. The van der Waals surface area contributed by atoms with Gasteiger partial charge in [0.15, 0.2) is 0 Å². The van der Waals surface area contributed by atoms with Gasteiger partial charge in [-0.1, -0.05) is 107 Å². The minimum Gasteiger partial charge on any atom is -0.379 e. The summed E-state index contributed by atoms with van der Waals surface area (Å²) in [6, 6.07) is 18.1. The number of rotatable bonds is 14. The van der Waals surface area contributed by atoms with E-state index in [1.54, 1.807) is 0 Å². The van der Waals surface area contributed by atoms with Gasteiger partial charge in [-0.2, -0.15) is 16.8 Å². The molecule has 11 heteroatoms. The monoisotopic (exact) mass is 782 g/mol. The molecule has 0 amide bonds. The zero-order valence-corrected chi connectivity index (χ0v) is 35.3. The molecule has 0 unspecified atom stereocenters. The first-order valence-electron chi connectivity index (χ1n) is 18.2. The van der Waals surface area contributed by atoms with E-state index in [1.807, 2.05) is 79.7 Å². The van der Waals surface area contributed by atoms with Gasteiger partial charge in [0, 0.05) is 0 Å². The molecule has 0 spiro atoms. The molecule has 0 fully saturated rings. The van der Waals surface area contributed by atoms with Crippen LogP contribution in [0.4, 0.5) is 0 Å². The van der Waals surface area contributed by atoms with Crippen LogP contribution in [0.5, 0.6) is 11.5 Å². The number of benzene rings is 4. The van der Waals surface area contributed by atoms with E-state index in [4.69, 9.17) is 8.37 Å². The minimum absolute atomic E-state index is 0.0294. The van der Waals surface area contributed by atoms with Crippen LogP contribution >= 0.6 is 0 Å². The van der Waals surface area contributed by atoms with Crippen molar-refractivity contribution in [1.82, 2.24) is 0 Å². The lowest BCUT2D eigenvalue weighted by atomic mass is 9.89. The standard InChI is InChI=1S/C42H54O8S3/c1-25(2)31-21-37(27(5)6)41(38(22-31)28(7)8)52(45,46)49-33-13-17-35(18-14-33)51(43,44)36-19-15-34(16-20-36)50-53(47,48)42-39(29(9)10)23-32(26(3)4)24-40(42)30(11)12/h13-30H,1-12H3. The Labute approximate surface area is 318 Å². The Bertz CT molecular complexity index is 2050. The van der Waals surface area contributed by atoms with Gasteiger partial charge >= 0.3 is 20.2 Å². The van der Waals surface area contributed by atoms with Crippen LogP contribution in [0, 0.1) is 0 Å². The van der Waals surface area contributed by atoms with Gasteiger partial charge in [0.1, 0.15) is 21.3 Å². The molecule has 0 heterocycles. The van der Waals surface area contributed by atoms with Crippen molar-refractivity contribution in [3.05, 3.63) is 106 Å². The molecule has 0 aliphatic heterocycles. The summed E-state index contributed by atoms with van der Waals surface area (Å²) in [5.74, 6) is 0.00200. The number of hydrogen-bond donors (Lipinski definition) is 0. The van der Waals surface area contributed by atoms with E-state index in [1.165, 1.54) is 48.5 Å². The van der Waals surface area contributed by atoms with Crippen molar-refractivity contribution in [2.75, 3.05) is 0 Å². The van der Waals surface area contributed by atoms with Gasteiger partial charge in [-0.3, -0.25) is 0 Å². The van der Waals surface area contributed by atoms with Crippen LogP contribution in [0.1, 0.15) is 152 Å². The van der Waals surface area contributed by atoms with Crippen molar-refractivity contribution in [2.24, 2.45) is 0 Å². The summed E-state index contributed by atoms with van der Waals surface area (Å²) < 4.78 is 93.7. The molecule has 0 atom stereocenters. The zero-order valence-electron chi connectivity index (χ0n) is 32.9. The first-order valence-corrected chi connectivity index (χ1v) is 22.5. The maximum Gasteiger partial charge on any atom is 0.339 e. The predicted octanol–water partition coefficient (Wildman–Crippen LogP) is 10.8. The highest BCUT2D eigenvalue weighted by Crippen LogP contribution is 2.38. The Morgan fingerprint density at radius 3 is 0.830 bits per heavy atom. The van der Waals surface area contributed by atoms with Gasteiger partial charge in [0.2, 0.25) is 9.84 Å². The second kappa shape index (κ2) is 16.0. The molecule has 0 aliphatic rings. The summed E-state index contributed by atoms with van der Waals surface area (Å²) in [6.07, 6.45) is 0. The topological polar surface area (TPSA) is 121 Å². The van der Waals surface area contributed by atoms with Gasteiger partial charge in [-0.05, 0) is 117 Å².